The fourth-order valence-corrected chi connectivity index (χ4v) is 15.3. The van der Waals surface area contributed by atoms with Crippen LogP contribution < -0.4 is 15.8 Å². The summed E-state index contributed by atoms with van der Waals surface area (Å²) in [5, 5.41) is 192. The van der Waals surface area contributed by atoms with Crippen molar-refractivity contribution in [2.75, 3.05) is 73.8 Å². The van der Waals surface area contributed by atoms with E-state index in [1.54, 1.807) is 83.1 Å². The van der Waals surface area contributed by atoms with E-state index in [0.717, 1.165) is 32.5 Å². The van der Waals surface area contributed by atoms with Gasteiger partial charge in [-0.1, -0.05) is 55.4 Å². The number of rotatable bonds is 36. The highest BCUT2D eigenvalue weighted by atomic mass is 32.2. The molecule has 9 aliphatic rings. The molecule has 878 valence electrons. The lowest BCUT2D eigenvalue weighted by Crippen LogP contribution is -2.47. The van der Waals surface area contributed by atoms with Crippen molar-refractivity contribution in [2.45, 2.75) is 462 Å². The molecule has 0 bridgehead atoms. The molecular formula is C89H178N3O52PS2. The zero-order chi connectivity index (χ0) is 114. The Morgan fingerprint density at radius 1 is 0.367 bits per heavy atom. The van der Waals surface area contributed by atoms with Gasteiger partial charge in [-0.05, 0) is 134 Å². The second kappa shape index (κ2) is 72.9. The summed E-state index contributed by atoms with van der Waals surface area (Å²) in [4.78, 5) is 42.8. The van der Waals surface area contributed by atoms with E-state index >= 15 is 0 Å². The summed E-state index contributed by atoms with van der Waals surface area (Å²) in [6, 6.07) is 0. The number of aliphatic hydroxyl groups is 20. The predicted octanol–water partition coefficient (Wildman–Crippen LogP) is -3.92. The molecule has 0 saturated carbocycles. The number of amides is 2. The van der Waals surface area contributed by atoms with Gasteiger partial charge in [0.25, 0.3) is 10.1 Å². The number of aliphatic hydroxyl groups excluding tert-OH is 20. The van der Waals surface area contributed by atoms with E-state index in [1.165, 1.54) is 35.2 Å². The zero-order valence-corrected chi connectivity index (χ0v) is 92.1. The molecule has 0 radical (unpaired) electrons. The SMILES string of the molecule is CC(=O)NC[C@H]1O[C@@H](OC(C)C)[C@H](O)[C@@H]1O.CC(=O)OC[C@H]1O[C@@H](OC(C)C)[C@H](O)[C@@H]1O.CC(C)C.CC(C)C.CC(C)O[C@@H]1O[C@H](COC(N)=O)[C@@H](O)[C@H]1O.CCC1C[C@H](O)[C@H](O)C(O)O1.CC[C@H]1O[C@@H](O)[C@@H](O)C1O.COC(=O)[C@H]1O[C@@H](OC(C)C)[C@H](O)[C@@H]1O.COP(=O)(CC[C@H]1O[C@@H](OC(C)C)[C@H](O)[C@@H]1O)OC.COS(=O)(=O)CC[C@H]1O[C@@H](OC(C)C)[C@H](O)[C@@H]1O.COS(=O)(=O)NC[C@H]1O[C@@H](OC(C)C)[C@H](O)[C@@H]1O. The number of hydrogen-bond acceptors (Lipinski definition) is 52. The normalized spacial score (nSPS) is 34.4. The highest BCUT2D eigenvalue weighted by Crippen LogP contribution is 2.48. The average Bonchev–Trinajstić information content (AvgIpc) is 1.66. The van der Waals surface area contributed by atoms with E-state index in [1.807, 2.05) is 27.7 Å². The maximum atomic E-state index is 11.9. The van der Waals surface area contributed by atoms with Crippen molar-refractivity contribution in [3.05, 3.63) is 0 Å². The first-order valence-electron chi connectivity index (χ1n) is 48.4. The monoisotopic (exact) mass is 2220 g/mol. The van der Waals surface area contributed by atoms with Gasteiger partial charge in [-0.2, -0.15) is 21.6 Å². The number of methoxy groups -OCH3 is 1. The zero-order valence-electron chi connectivity index (χ0n) is 89.6. The van der Waals surface area contributed by atoms with Crippen LogP contribution in [0.1, 0.15) is 198 Å². The van der Waals surface area contributed by atoms with Gasteiger partial charge in [0.15, 0.2) is 62.7 Å². The van der Waals surface area contributed by atoms with Gasteiger partial charge in [0.1, 0.15) is 141 Å². The molecule has 3 unspecified atom stereocenters. The molecule has 9 aliphatic heterocycles. The standard InChI is InChI=1S/C11H23O7P.C10H19NO5.C10H20O7S.C10H18O6.C9H19NO7S.C9H17NO6.C9H16O6.C7H14O4.C6H12O4.2C4H10/c1-7(2)17-11-10(13)9(12)8(18-11)5-6-19(14,15-3)16-4;1-5(2)15-10-9(14)8(13)7(16-10)4-11-6(3)12;1-6(2)16-10-9(12)8(11)7(17-10)4-5-18(13,14)15-3;1-5(2)15-10-9(13)8(12)7(16-10)4-14-6(3)11;1-5(2)16-9-8(12)7(11)6(17-9)4-10-18(13,14)15-3;1-4(2)15-8-7(12)6(11)5(16-8)3-14-9(10)13;1-4(2)14-9-6(11)5(10)7(15-9)8(12)13-3;1-2-4-3-5(8)6(9)7(10)11-4;1-2-3-4(7)5(8)6(9)10-3;2*1-4(2)3/h7-13H,5-6H2,1-4H3;5,7-10,13-14H,4H2,1-3H3,(H,11,12);6-12H,4-5H2,1-3H3;5,7-10,12-13H,4H2,1-3H3;5-12H,4H2,1-3H3;4-8,11-12H,3H2,1-2H3,(H2,10,13);4-7,9-11H,1-3H3;4-10H,2-3H2,1H3;3-9H,2H2,1H3;2*4H,1-3H3/t8-,9-,10-,11-;3*7-,8-,9-,10-;6-,7-,8-,9-;5-,6-,7-,8-;5-,6+,7-,9+;4?,5-,6-,7?;3-,4?,5+,6-;;/m111111001../s1. The summed E-state index contributed by atoms with van der Waals surface area (Å²) in [5.41, 5.74) is 4.77. The first kappa shape index (κ1) is 145. The van der Waals surface area contributed by atoms with Crippen molar-refractivity contribution in [3.63, 3.8) is 0 Å². The van der Waals surface area contributed by atoms with Crippen molar-refractivity contribution in [2.24, 2.45) is 17.6 Å². The molecule has 147 heavy (non-hydrogen) atoms. The van der Waals surface area contributed by atoms with E-state index < -0.39 is 261 Å². The molecular weight excluding hydrogens is 2040 g/mol. The van der Waals surface area contributed by atoms with Crippen LogP contribution in [0, 0.1) is 11.8 Å². The minimum Gasteiger partial charge on any atom is -0.467 e. The Labute approximate surface area is 862 Å². The van der Waals surface area contributed by atoms with Crippen LogP contribution in [0.4, 0.5) is 4.79 Å². The number of nitrogens with one attached hydrogen (secondary N) is 2. The first-order chi connectivity index (χ1) is 67.8. The molecule has 9 saturated heterocycles. The molecule has 0 spiro atoms. The van der Waals surface area contributed by atoms with Crippen molar-refractivity contribution in [1.29, 1.82) is 0 Å². The molecule has 2 amide bonds. The lowest BCUT2D eigenvalue weighted by Gasteiger charge is -2.33. The van der Waals surface area contributed by atoms with Crippen LogP contribution in [-0.4, -0.2) is 481 Å². The predicted molar refractivity (Wildman–Crippen MR) is 514 cm³/mol. The Hall–Kier alpha value is -3.83. The number of esters is 2. The van der Waals surface area contributed by atoms with Crippen LogP contribution >= 0.6 is 7.60 Å². The maximum absolute atomic E-state index is 11.9. The number of hydrogen-bond donors (Lipinski definition) is 23. The van der Waals surface area contributed by atoms with Crippen LogP contribution in [0.2, 0.25) is 0 Å². The Balaban J connectivity index is 0. The van der Waals surface area contributed by atoms with Crippen molar-refractivity contribution >= 4 is 52.0 Å². The Kier molecular flexibility index (Phi) is 72.0. The van der Waals surface area contributed by atoms with E-state index in [-0.39, 0.29) is 106 Å². The maximum Gasteiger partial charge on any atom is 0.404 e. The lowest BCUT2D eigenvalue weighted by molar-refractivity contribution is -0.246. The van der Waals surface area contributed by atoms with Gasteiger partial charge in [-0.25, -0.2) is 9.59 Å². The van der Waals surface area contributed by atoms with Crippen LogP contribution in [-0.2, 0) is 147 Å². The number of nitrogens with two attached hydrogens (primary N) is 1. The van der Waals surface area contributed by atoms with Gasteiger partial charge < -0.3 is 212 Å². The second-order valence-corrected chi connectivity index (χ2v) is 43.5. The topological polar surface area (TPSA) is 821 Å². The van der Waals surface area contributed by atoms with Gasteiger partial charge in [0.2, 0.25) is 5.91 Å². The van der Waals surface area contributed by atoms with Crippen LogP contribution in [0.5, 0.6) is 0 Å². The van der Waals surface area contributed by atoms with E-state index in [4.69, 9.17) is 126 Å². The average molecular weight is 2220 g/mol. The highest BCUT2D eigenvalue weighted by Gasteiger charge is 2.52. The molecule has 58 heteroatoms. The third kappa shape index (κ3) is 56.1. The molecule has 9 rings (SSSR count). The number of ether oxygens (including phenoxy) is 19. The highest BCUT2D eigenvalue weighted by molar-refractivity contribution is 7.86. The summed E-state index contributed by atoms with van der Waals surface area (Å²) in [6.07, 6.45) is -35.4. The van der Waals surface area contributed by atoms with Gasteiger partial charge in [-0.15, -0.1) is 0 Å². The smallest absolute Gasteiger partial charge is 0.404 e. The van der Waals surface area contributed by atoms with Gasteiger partial charge in [0.05, 0.1) is 106 Å². The molecule has 36 atom stereocenters. The third-order valence-electron chi connectivity index (χ3n) is 20.4. The van der Waals surface area contributed by atoms with Gasteiger partial charge >= 0.3 is 35.9 Å². The largest absolute Gasteiger partial charge is 0.467 e. The summed E-state index contributed by atoms with van der Waals surface area (Å²) in [5.74, 6) is -0.0137. The first-order valence-corrected chi connectivity index (χ1v) is 53.1. The number of carbonyl (C=O) groups excluding carboxylic acids is 4. The number of primary amides is 1. The molecule has 0 aliphatic carbocycles. The fourth-order valence-electron chi connectivity index (χ4n) is 13.0. The molecule has 9 heterocycles. The van der Waals surface area contributed by atoms with E-state index in [0.29, 0.717) is 12.8 Å². The summed E-state index contributed by atoms with van der Waals surface area (Å²) in [6.45, 7) is 43.9. The van der Waals surface area contributed by atoms with Crippen LogP contribution in [0.25, 0.3) is 0 Å². The van der Waals surface area contributed by atoms with Crippen molar-refractivity contribution in [3.8, 4) is 0 Å². The van der Waals surface area contributed by atoms with E-state index in [9.17, 15) is 112 Å². The molecule has 55 nitrogen and oxygen atoms in total. The van der Waals surface area contributed by atoms with Gasteiger partial charge in [0, 0.05) is 47.6 Å². The molecule has 0 aromatic heterocycles. The fraction of sp³-hybridized carbons (Fsp3) is 0.955. The Morgan fingerprint density at radius 2 is 0.673 bits per heavy atom. The molecule has 9 fully saturated rings. The quantitative estimate of drug-likeness (QED) is 0.0123. The van der Waals surface area contributed by atoms with Crippen LogP contribution in [0.15, 0.2) is 0 Å². The van der Waals surface area contributed by atoms with E-state index in [2.05, 4.69) is 69.4 Å². The van der Waals surface area contributed by atoms with Crippen molar-refractivity contribution < 1.29 is 250 Å². The third-order valence-corrected chi connectivity index (χ3v) is 24.5. The minimum absolute atomic E-state index is 0.0341. The molecule has 0 aromatic rings. The van der Waals surface area contributed by atoms with Gasteiger partial charge in [-0.3, -0.25) is 22.5 Å². The summed E-state index contributed by atoms with van der Waals surface area (Å²) < 4.78 is 173. The van der Waals surface area contributed by atoms with Crippen molar-refractivity contribution in [1.82, 2.24) is 10.0 Å². The Morgan fingerprint density at radius 3 is 0.959 bits per heavy atom. The molecule has 0 aromatic carbocycles. The summed E-state index contributed by atoms with van der Waals surface area (Å²) >= 11 is 0. The Bertz CT molecular complexity index is 3570. The summed E-state index contributed by atoms with van der Waals surface area (Å²) in [7, 11) is -4.73. The lowest BCUT2D eigenvalue weighted by atomic mass is 10.0. The van der Waals surface area contributed by atoms with Crippen LogP contribution in [0.3, 0.4) is 0 Å². The second-order valence-electron chi connectivity index (χ2n) is 37.7. The molecule has 24 N–H and O–H groups in total. The number of carbonyl (C=O) groups is 4. The minimum atomic E-state index is -3.85.